The van der Waals surface area contributed by atoms with E-state index in [0.717, 1.165) is 5.56 Å². The number of halogens is 4. The van der Waals surface area contributed by atoms with Crippen LogP contribution in [0.5, 0.6) is 0 Å². The maximum absolute atomic E-state index is 12.6. The zero-order chi connectivity index (χ0) is 14.8. The van der Waals surface area contributed by atoms with Gasteiger partial charge in [-0.1, -0.05) is 59.4 Å². The molecule has 0 N–H and O–H groups in total. The van der Waals surface area contributed by atoms with Gasteiger partial charge in [0.15, 0.2) is 11.4 Å². The lowest BCUT2D eigenvalue weighted by Gasteiger charge is -2.45. The van der Waals surface area contributed by atoms with Crippen molar-refractivity contribution in [3.8, 4) is 0 Å². The molecule has 0 radical (unpaired) electrons. The Labute approximate surface area is 136 Å². The van der Waals surface area contributed by atoms with Crippen LogP contribution in [0.1, 0.15) is 24.0 Å². The van der Waals surface area contributed by atoms with E-state index in [0.29, 0.717) is 10.6 Å². The van der Waals surface area contributed by atoms with Gasteiger partial charge in [-0.05, 0) is 11.6 Å². The Morgan fingerprint density at radius 2 is 1.70 bits per heavy atom. The summed E-state index contributed by atoms with van der Waals surface area (Å²) < 4.78 is 5.52. The Bertz CT molecular complexity index is 668. The number of benzene rings is 1. The van der Waals surface area contributed by atoms with E-state index in [4.69, 9.17) is 51.1 Å². The summed E-state index contributed by atoms with van der Waals surface area (Å²) in [6.07, 6.45) is 3.65. The molecule has 0 spiro atoms. The number of methoxy groups -OCH3 is 1. The van der Waals surface area contributed by atoms with Crippen LogP contribution in [0.3, 0.4) is 0 Å². The predicted molar refractivity (Wildman–Crippen MR) is 81.2 cm³/mol. The summed E-state index contributed by atoms with van der Waals surface area (Å²) >= 11 is 24.9. The monoisotopic (exact) mass is 350 g/mol. The molecule has 0 aliphatic heterocycles. The van der Waals surface area contributed by atoms with Crippen LogP contribution in [0.4, 0.5) is 0 Å². The first kappa shape index (κ1) is 14.7. The molecule has 3 atom stereocenters. The molecule has 1 aromatic carbocycles. The molecule has 0 fully saturated rings. The van der Waals surface area contributed by atoms with Gasteiger partial charge in [0.2, 0.25) is 0 Å². The van der Waals surface area contributed by atoms with Gasteiger partial charge in [0.1, 0.15) is 0 Å². The summed E-state index contributed by atoms with van der Waals surface area (Å²) in [5, 5.41) is 0.928. The van der Waals surface area contributed by atoms with Gasteiger partial charge < -0.3 is 4.74 Å². The van der Waals surface area contributed by atoms with Gasteiger partial charge in [-0.25, -0.2) is 0 Å². The highest BCUT2D eigenvalue weighted by molar-refractivity contribution is 6.52. The van der Waals surface area contributed by atoms with E-state index >= 15 is 0 Å². The summed E-state index contributed by atoms with van der Waals surface area (Å²) in [6.45, 7) is 1.85. The highest BCUT2D eigenvalue weighted by atomic mass is 35.5. The quantitative estimate of drug-likeness (QED) is 0.403. The van der Waals surface area contributed by atoms with E-state index < -0.39 is 5.60 Å². The van der Waals surface area contributed by atoms with Crippen LogP contribution < -0.4 is 0 Å². The molecule has 0 saturated carbocycles. The number of allylic oxidation sites excluding steroid dienone is 1. The number of hydrogen-bond acceptors (Lipinski definition) is 2. The first-order valence-electron chi connectivity index (χ1n) is 6.02. The van der Waals surface area contributed by atoms with Crippen molar-refractivity contribution in [1.82, 2.24) is 0 Å². The third-order valence-corrected chi connectivity index (χ3v) is 6.00. The van der Waals surface area contributed by atoms with Crippen LogP contribution in [0, 0.1) is 5.92 Å². The Hall–Kier alpha value is -0.250. The molecule has 0 heterocycles. The van der Waals surface area contributed by atoms with E-state index in [-0.39, 0.29) is 32.7 Å². The Balaban J connectivity index is 2.47. The second-order valence-electron chi connectivity index (χ2n) is 5.02. The molecule has 106 valence electrons. The topological polar surface area (TPSA) is 26.3 Å². The molecule has 0 unspecified atom stereocenters. The average molecular weight is 352 g/mol. The summed E-state index contributed by atoms with van der Waals surface area (Å²) in [4.78, 5) is 12.6. The Morgan fingerprint density at radius 3 is 2.30 bits per heavy atom. The van der Waals surface area contributed by atoms with E-state index in [1.807, 2.05) is 13.0 Å². The van der Waals surface area contributed by atoms with Crippen molar-refractivity contribution < 1.29 is 9.53 Å². The van der Waals surface area contributed by atoms with Crippen molar-refractivity contribution in [3.63, 3.8) is 0 Å². The zero-order valence-electron chi connectivity index (χ0n) is 10.6. The third-order valence-electron chi connectivity index (χ3n) is 4.19. The molecule has 3 aliphatic rings. The first-order chi connectivity index (χ1) is 9.36. The van der Waals surface area contributed by atoms with E-state index in [1.54, 1.807) is 6.08 Å². The number of ketones is 1. The van der Waals surface area contributed by atoms with E-state index in [1.165, 1.54) is 7.11 Å². The van der Waals surface area contributed by atoms with Crippen LogP contribution >= 0.6 is 46.4 Å². The van der Waals surface area contributed by atoms with Gasteiger partial charge in [-0.3, -0.25) is 4.79 Å². The number of rotatable bonds is 1. The molecule has 20 heavy (non-hydrogen) atoms. The van der Waals surface area contributed by atoms with Crippen LogP contribution in [0.25, 0.3) is 0 Å². The van der Waals surface area contributed by atoms with Crippen molar-refractivity contribution in [2.45, 2.75) is 18.4 Å². The van der Waals surface area contributed by atoms with E-state index in [9.17, 15) is 4.79 Å². The van der Waals surface area contributed by atoms with Crippen LogP contribution in [0.15, 0.2) is 12.2 Å². The average Bonchev–Trinajstić information content (AvgIpc) is 2.46. The molecule has 0 amide bonds. The maximum Gasteiger partial charge on any atom is 0.176 e. The molecule has 3 aliphatic carbocycles. The minimum atomic E-state index is -1.22. The molecular weight excluding hydrogens is 342 g/mol. The fourth-order valence-corrected chi connectivity index (χ4v) is 4.27. The lowest BCUT2D eigenvalue weighted by Crippen LogP contribution is -2.49. The van der Waals surface area contributed by atoms with Crippen molar-refractivity contribution in [2.24, 2.45) is 5.92 Å². The molecule has 1 aromatic rings. The lowest BCUT2D eigenvalue weighted by atomic mass is 9.63. The number of fused-ring (bicyclic) bond motifs is 1. The van der Waals surface area contributed by atoms with Crippen molar-refractivity contribution >= 4 is 52.2 Å². The second kappa shape index (κ2) is 4.62. The van der Waals surface area contributed by atoms with Gasteiger partial charge in [0.25, 0.3) is 0 Å². The SMILES string of the molecule is CO[C@@]12C=C[C@@H](c3c(Cl)c(Cl)c(Cl)c(Cl)c31)[C@H](C)C2=O. The van der Waals surface area contributed by atoms with Gasteiger partial charge in [-0.15, -0.1) is 0 Å². The Kier molecular flexibility index (Phi) is 3.39. The number of carbonyl (C=O) groups excluding carboxylic acids is 1. The lowest BCUT2D eigenvalue weighted by molar-refractivity contribution is -0.143. The first-order valence-corrected chi connectivity index (χ1v) is 7.53. The summed E-state index contributed by atoms with van der Waals surface area (Å²) in [5.74, 6) is -0.455. The highest BCUT2D eigenvalue weighted by Crippen LogP contribution is 2.57. The van der Waals surface area contributed by atoms with Crippen LogP contribution in [-0.2, 0) is 15.1 Å². The van der Waals surface area contributed by atoms with Crippen LogP contribution in [0.2, 0.25) is 20.1 Å². The minimum absolute atomic E-state index is 0.0450. The summed E-state index contributed by atoms with van der Waals surface area (Å²) in [5.41, 5.74) is 0.0394. The predicted octanol–water partition coefficient (Wildman–Crippen LogP) is 5.01. The minimum Gasteiger partial charge on any atom is -0.362 e. The maximum atomic E-state index is 12.6. The summed E-state index contributed by atoms with van der Waals surface area (Å²) in [7, 11) is 1.47. The Morgan fingerprint density at radius 1 is 1.10 bits per heavy atom. The standard InChI is InChI=1S/C14H10Cl4O2/c1-5-6-3-4-14(20-2,13(5)19)8-7(6)9(15)11(17)12(18)10(8)16/h3-6H,1-2H3/t5-,6+,14-/m0/s1. The molecule has 4 rings (SSSR count). The zero-order valence-corrected chi connectivity index (χ0v) is 13.7. The largest absolute Gasteiger partial charge is 0.362 e. The van der Waals surface area contributed by atoms with Gasteiger partial charge in [0.05, 0.1) is 20.1 Å². The van der Waals surface area contributed by atoms with Gasteiger partial charge in [0, 0.05) is 24.5 Å². The number of ether oxygens (including phenoxy) is 1. The fraction of sp³-hybridized carbons (Fsp3) is 0.357. The van der Waals surface area contributed by atoms with E-state index in [2.05, 4.69) is 0 Å². The van der Waals surface area contributed by atoms with Crippen molar-refractivity contribution in [1.29, 1.82) is 0 Å². The fourth-order valence-electron chi connectivity index (χ4n) is 3.14. The molecule has 6 heteroatoms. The third kappa shape index (κ3) is 1.55. The molecule has 0 aromatic heterocycles. The number of carbonyl (C=O) groups is 1. The molecule has 2 bridgehead atoms. The number of hydrogen-bond donors (Lipinski definition) is 0. The smallest absolute Gasteiger partial charge is 0.176 e. The second-order valence-corrected chi connectivity index (χ2v) is 6.53. The van der Waals surface area contributed by atoms with Crippen molar-refractivity contribution in [2.75, 3.05) is 7.11 Å². The normalized spacial score (nSPS) is 30.8. The molecule has 0 saturated heterocycles. The molecule has 2 nitrogen and oxygen atoms in total. The summed E-state index contributed by atoms with van der Waals surface area (Å²) in [6, 6.07) is 0. The van der Waals surface area contributed by atoms with Gasteiger partial charge in [-0.2, -0.15) is 0 Å². The van der Waals surface area contributed by atoms with Crippen molar-refractivity contribution in [3.05, 3.63) is 43.4 Å². The van der Waals surface area contributed by atoms with Gasteiger partial charge >= 0.3 is 0 Å². The van der Waals surface area contributed by atoms with Crippen LogP contribution in [-0.4, -0.2) is 12.9 Å². The number of Topliss-reactive ketones (excluding diaryl/α,β-unsaturated/α-hetero) is 1. The highest BCUT2D eigenvalue weighted by Gasteiger charge is 2.54. The molecular formula is C14H10Cl4O2.